The fourth-order valence-corrected chi connectivity index (χ4v) is 3.16. The van der Waals surface area contributed by atoms with Gasteiger partial charge in [0.25, 0.3) is 5.91 Å². The van der Waals surface area contributed by atoms with Crippen molar-refractivity contribution in [2.45, 2.75) is 24.7 Å². The third kappa shape index (κ3) is 5.14. The number of amides is 2. The van der Waals surface area contributed by atoms with Crippen molar-refractivity contribution < 1.29 is 18.0 Å². The molecule has 0 aromatic heterocycles. The number of rotatable bonds is 6. The summed E-state index contributed by atoms with van der Waals surface area (Å²) in [5.74, 6) is -1.00. The Kier molecular flexibility index (Phi) is 6.48. The average molecular weight is 375 g/mol. The molecule has 0 saturated heterocycles. The van der Waals surface area contributed by atoms with Gasteiger partial charge < -0.3 is 0 Å². The van der Waals surface area contributed by atoms with Crippen LogP contribution in [0, 0.1) is 0 Å². The van der Waals surface area contributed by atoms with Crippen LogP contribution in [0.1, 0.15) is 28.4 Å². The molecule has 2 amide bonds. The first-order valence-electron chi connectivity index (χ1n) is 8.01. The van der Waals surface area contributed by atoms with Crippen molar-refractivity contribution in [3.05, 3.63) is 65.2 Å². The molecule has 2 rings (SSSR count). The molecule has 0 heterocycles. The standard InChI is InChI=1S/C18H21N3O4S/c1-13(22)20-21-18(23)17-12-16(26(24,25)19-2)11-10-15(17)9-8-14-6-4-3-5-7-14/h3-7,10-12,19H,8-9H2,1-2H3,(H,20,22)(H,21,23). The number of nitrogens with one attached hydrogen (secondary N) is 3. The third-order valence-corrected chi connectivity index (χ3v) is 5.19. The van der Waals surface area contributed by atoms with Crippen molar-refractivity contribution in [1.82, 2.24) is 15.6 Å². The van der Waals surface area contributed by atoms with Crippen LogP contribution in [0.5, 0.6) is 0 Å². The van der Waals surface area contributed by atoms with Crippen molar-refractivity contribution in [2.75, 3.05) is 7.05 Å². The van der Waals surface area contributed by atoms with E-state index in [9.17, 15) is 18.0 Å². The summed E-state index contributed by atoms with van der Waals surface area (Å²) in [6.07, 6.45) is 1.24. The van der Waals surface area contributed by atoms with Crippen LogP contribution in [-0.4, -0.2) is 27.3 Å². The van der Waals surface area contributed by atoms with Crippen LogP contribution in [0.2, 0.25) is 0 Å². The number of hydrogen-bond donors (Lipinski definition) is 3. The van der Waals surface area contributed by atoms with Gasteiger partial charge in [0.05, 0.1) is 4.90 Å². The molecule has 0 aliphatic rings. The smallest absolute Gasteiger partial charge is 0.270 e. The van der Waals surface area contributed by atoms with Crippen molar-refractivity contribution in [2.24, 2.45) is 0 Å². The summed E-state index contributed by atoms with van der Waals surface area (Å²) in [6.45, 7) is 1.26. The summed E-state index contributed by atoms with van der Waals surface area (Å²) in [4.78, 5) is 23.4. The predicted octanol–water partition coefficient (Wildman–Crippen LogP) is 1.16. The van der Waals surface area contributed by atoms with Crippen LogP contribution in [0.25, 0.3) is 0 Å². The quantitative estimate of drug-likeness (QED) is 0.659. The summed E-state index contributed by atoms with van der Waals surface area (Å²) in [5, 5.41) is 0. The van der Waals surface area contributed by atoms with Crippen LogP contribution in [0.3, 0.4) is 0 Å². The molecule has 0 aliphatic heterocycles. The lowest BCUT2D eigenvalue weighted by molar-refractivity contribution is -0.119. The second-order valence-electron chi connectivity index (χ2n) is 5.65. The van der Waals surface area contributed by atoms with E-state index < -0.39 is 21.8 Å². The Bertz CT molecular complexity index is 896. The van der Waals surface area contributed by atoms with E-state index >= 15 is 0 Å². The minimum Gasteiger partial charge on any atom is -0.274 e. The number of benzene rings is 2. The molecule has 0 fully saturated rings. The van der Waals surface area contributed by atoms with Gasteiger partial charge in [0.1, 0.15) is 0 Å². The maximum atomic E-state index is 12.4. The zero-order valence-electron chi connectivity index (χ0n) is 14.6. The highest BCUT2D eigenvalue weighted by atomic mass is 32.2. The summed E-state index contributed by atoms with van der Waals surface area (Å²) in [7, 11) is -2.39. The highest BCUT2D eigenvalue weighted by Crippen LogP contribution is 2.18. The van der Waals surface area contributed by atoms with Crippen LogP contribution in [-0.2, 0) is 27.7 Å². The summed E-state index contributed by atoms with van der Waals surface area (Å²) >= 11 is 0. The first-order chi connectivity index (χ1) is 12.3. The maximum Gasteiger partial charge on any atom is 0.270 e. The molecule has 138 valence electrons. The molecule has 26 heavy (non-hydrogen) atoms. The largest absolute Gasteiger partial charge is 0.274 e. The predicted molar refractivity (Wildman–Crippen MR) is 97.8 cm³/mol. The minimum absolute atomic E-state index is 0.0172. The summed E-state index contributed by atoms with van der Waals surface area (Å²) in [6, 6.07) is 14.1. The molecule has 0 radical (unpaired) electrons. The number of carbonyl (C=O) groups excluding carboxylic acids is 2. The van der Waals surface area contributed by atoms with Gasteiger partial charge in [-0.05, 0) is 43.1 Å². The highest BCUT2D eigenvalue weighted by molar-refractivity contribution is 7.89. The fraction of sp³-hybridized carbons (Fsp3) is 0.222. The molecule has 0 spiro atoms. The van der Waals surface area contributed by atoms with Crippen LogP contribution in [0.15, 0.2) is 53.4 Å². The Balaban J connectivity index is 2.32. The van der Waals surface area contributed by atoms with E-state index in [1.165, 1.54) is 26.1 Å². The number of aryl methyl sites for hydroxylation is 2. The molecule has 2 aromatic carbocycles. The molecule has 0 bridgehead atoms. The average Bonchev–Trinajstić information content (AvgIpc) is 2.65. The van der Waals surface area contributed by atoms with E-state index in [1.807, 2.05) is 30.3 Å². The molecule has 8 heteroatoms. The molecular formula is C18H21N3O4S. The zero-order valence-corrected chi connectivity index (χ0v) is 15.4. The van der Waals surface area contributed by atoms with Crippen LogP contribution < -0.4 is 15.6 Å². The molecule has 0 atom stereocenters. The molecule has 0 aliphatic carbocycles. The fourth-order valence-electron chi connectivity index (χ4n) is 2.41. The Hall–Kier alpha value is -2.71. The van der Waals surface area contributed by atoms with Gasteiger partial charge in [-0.15, -0.1) is 0 Å². The van der Waals surface area contributed by atoms with Crippen molar-refractivity contribution in [3.63, 3.8) is 0 Å². The summed E-state index contributed by atoms with van der Waals surface area (Å²) in [5.41, 5.74) is 6.48. The number of sulfonamides is 1. The van der Waals surface area contributed by atoms with E-state index in [2.05, 4.69) is 15.6 Å². The van der Waals surface area contributed by atoms with E-state index in [-0.39, 0.29) is 10.5 Å². The number of hydrogen-bond acceptors (Lipinski definition) is 4. The second kappa shape index (κ2) is 8.59. The maximum absolute atomic E-state index is 12.4. The van der Waals surface area contributed by atoms with Gasteiger partial charge in [-0.25, -0.2) is 13.1 Å². The van der Waals surface area contributed by atoms with Crippen LogP contribution in [0.4, 0.5) is 0 Å². The monoisotopic (exact) mass is 375 g/mol. The van der Waals surface area contributed by atoms with Gasteiger partial charge in [-0.3, -0.25) is 20.4 Å². The van der Waals surface area contributed by atoms with E-state index in [4.69, 9.17) is 0 Å². The van der Waals surface area contributed by atoms with Crippen molar-refractivity contribution >= 4 is 21.8 Å². The SMILES string of the molecule is CNS(=O)(=O)c1ccc(CCc2ccccc2)c(C(=O)NNC(C)=O)c1. The molecule has 3 N–H and O–H groups in total. The normalized spacial score (nSPS) is 11.0. The number of carbonyl (C=O) groups is 2. The lowest BCUT2D eigenvalue weighted by atomic mass is 9.99. The van der Waals surface area contributed by atoms with Gasteiger partial charge >= 0.3 is 0 Å². The van der Waals surface area contributed by atoms with Gasteiger partial charge in [0.2, 0.25) is 15.9 Å². The highest BCUT2D eigenvalue weighted by Gasteiger charge is 2.18. The van der Waals surface area contributed by atoms with E-state index in [1.54, 1.807) is 6.07 Å². The van der Waals surface area contributed by atoms with E-state index in [0.717, 1.165) is 5.56 Å². The molecule has 0 saturated carbocycles. The van der Waals surface area contributed by atoms with Gasteiger partial charge in [-0.1, -0.05) is 36.4 Å². The van der Waals surface area contributed by atoms with Crippen molar-refractivity contribution in [1.29, 1.82) is 0 Å². The first kappa shape index (κ1) is 19.6. The topological polar surface area (TPSA) is 104 Å². The second-order valence-corrected chi connectivity index (χ2v) is 7.53. The zero-order chi connectivity index (χ0) is 19.2. The lowest BCUT2D eigenvalue weighted by Crippen LogP contribution is -2.40. The van der Waals surface area contributed by atoms with E-state index in [0.29, 0.717) is 18.4 Å². The van der Waals surface area contributed by atoms with Crippen LogP contribution >= 0.6 is 0 Å². The Labute approximate surface area is 152 Å². The Morgan fingerprint density at radius 2 is 1.65 bits per heavy atom. The Morgan fingerprint density at radius 3 is 2.27 bits per heavy atom. The first-order valence-corrected chi connectivity index (χ1v) is 9.49. The Morgan fingerprint density at radius 1 is 0.962 bits per heavy atom. The molecule has 2 aromatic rings. The number of hydrazine groups is 1. The van der Waals surface area contributed by atoms with Gasteiger partial charge in [-0.2, -0.15) is 0 Å². The third-order valence-electron chi connectivity index (χ3n) is 3.78. The summed E-state index contributed by atoms with van der Waals surface area (Å²) < 4.78 is 26.3. The minimum atomic E-state index is -3.69. The van der Waals surface area contributed by atoms with Crippen molar-refractivity contribution in [3.8, 4) is 0 Å². The molecule has 7 nitrogen and oxygen atoms in total. The lowest BCUT2D eigenvalue weighted by Gasteiger charge is -2.13. The van der Waals surface area contributed by atoms with Gasteiger partial charge in [0.15, 0.2) is 0 Å². The van der Waals surface area contributed by atoms with Gasteiger partial charge in [0, 0.05) is 12.5 Å². The molecule has 0 unspecified atom stereocenters. The molecular weight excluding hydrogens is 354 g/mol.